The third-order valence-corrected chi connectivity index (χ3v) is 3.85. The van der Waals surface area contributed by atoms with Crippen molar-refractivity contribution in [1.82, 2.24) is 10.6 Å². The van der Waals surface area contributed by atoms with E-state index in [4.69, 9.17) is 28.8 Å². The monoisotopic (exact) mass is 454 g/mol. The van der Waals surface area contributed by atoms with Crippen LogP contribution in [0.1, 0.15) is 12.0 Å². The fourth-order valence-corrected chi connectivity index (χ4v) is 2.22. The van der Waals surface area contributed by atoms with E-state index in [0.29, 0.717) is 65.3 Å². The van der Waals surface area contributed by atoms with Crippen molar-refractivity contribution in [3.8, 4) is 0 Å². The molecule has 0 bridgehead atoms. The number of hydrogen-bond donors (Lipinski definition) is 3. The number of amides is 1. The number of hydrogen-bond acceptors (Lipinski definition) is 8. The van der Waals surface area contributed by atoms with Gasteiger partial charge >= 0.3 is 5.97 Å². The number of rotatable bonds is 21. The molecule has 0 fully saturated rings. The van der Waals surface area contributed by atoms with Crippen LogP contribution in [0.4, 0.5) is 0 Å². The summed E-state index contributed by atoms with van der Waals surface area (Å²) in [7, 11) is 0. The third kappa shape index (κ3) is 17.1. The van der Waals surface area contributed by atoms with E-state index >= 15 is 0 Å². The number of benzene rings is 1. The van der Waals surface area contributed by atoms with Crippen LogP contribution in [0.2, 0.25) is 0 Å². The molecule has 10 heteroatoms. The van der Waals surface area contributed by atoms with Gasteiger partial charge in [-0.1, -0.05) is 30.3 Å². The van der Waals surface area contributed by atoms with Gasteiger partial charge in [-0.3, -0.25) is 9.59 Å². The normalized spacial score (nSPS) is 10.5. The van der Waals surface area contributed by atoms with E-state index in [-0.39, 0.29) is 25.5 Å². The molecule has 0 aliphatic heterocycles. The van der Waals surface area contributed by atoms with Crippen LogP contribution in [-0.4, -0.2) is 82.9 Å². The van der Waals surface area contributed by atoms with E-state index < -0.39 is 5.97 Å². The van der Waals surface area contributed by atoms with E-state index in [1.165, 1.54) is 0 Å². The predicted octanol–water partition coefficient (Wildman–Crippen LogP) is 0.921. The first-order valence-electron chi connectivity index (χ1n) is 10.5. The Balaban J connectivity index is 1.81. The summed E-state index contributed by atoms with van der Waals surface area (Å²) in [5, 5.41) is 14.0. The van der Waals surface area contributed by atoms with Gasteiger partial charge < -0.3 is 39.4 Å². The smallest absolute Gasteiger partial charge is 0.305 e. The van der Waals surface area contributed by atoms with Gasteiger partial charge in [0.1, 0.15) is 6.61 Å². The number of carboxylic acid groups (broad SMARTS) is 1. The van der Waals surface area contributed by atoms with Crippen molar-refractivity contribution in [2.45, 2.75) is 13.0 Å². The van der Waals surface area contributed by atoms with Gasteiger partial charge in [0.25, 0.3) is 0 Å². The maximum Gasteiger partial charge on any atom is 0.305 e. The van der Waals surface area contributed by atoms with Gasteiger partial charge in [-0.15, -0.1) is 0 Å². The molecule has 0 heterocycles. The maximum absolute atomic E-state index is 11.8. The average Bonchev–Trinajstić information content (AvgIpc) is 2.79. The Bertz CT molecular complexity index is 642. The van der Waals surface area contributed by atoms with Gasteiger partial charge in [-0.05, 0) is 12.1 Å². The van der Waals surface area contributed by atoms with E-state index in [1.807, 2.05) is 30.3 Å². The largest absolute Gasteiger partial charge is 0.481 e. The first-order valence-corrected chi connectivity index (χ1v) is 10.5. The van der Waals surface area contributed by atoms with Gasteiger partial charge in [0.15, 0.2) is 5.88 Å². The van der Waals surface area contributed by atoms with Crippen molar-refractivity contribution in [2.24, 2.45) is 0 Å². The number of aliphatic carboxylic acids is 1. The molecule has 10 nitrogen and oxygen atoms in total. The molecule has 1 rings (SSSR count). The molecule has 0 atom stereocenters. The van der Waals surface area contributed by atoms with Crippen molar-refractivity contribution in [2.75, 3.05) is 65.9 Å². The molecule has 1 aromatic carbocycles. The van der Waals surface area contributed by atoms with Crippen molar-refractivity contribution in [1.29, 1.82) is 0 Å². The van der Waals surface area contributed by atoms with Crippen LogP contribution in [0.15, 0.2) is 42.8 Å². The van der Waals surface area contributed by atoms with Gasteiger partial charge in [0.2, 0.25) is 5.91 Å². The molecule has 1 aromatic rings. The Kier molecular flexibility index (Phi) is 16.3. The number of ether oxygens (including phenoxy) is 5. The average molecular weight is 455 g/mol. The van der Waals surface area contributed by atoms with E-state index in [2.05, 4.69) is 17.2 Å². The Morgan fingerprint density at radius 1 is 0.812 bits per heavy atom. The highest BCUT2D eigenvalue weighted by Gasteiger charge is 2.02. The minimum Gasteiger partial charge on any atom is -0.481 e. The van der Waals surface area contributed by atoms with Gasteiger partial charge in [0.05, 0.1) is 65.8 Å². The fourth-order valence-electron chi connectivity index (χ4n) is 2.22. The summed E-state index contributed by atoms with van der Waals surface area (Å²) in [6.45, 7) is 7.58. The zero-order valence-electron chi connectivity index (χ0n) is 18.4. The molecule has 180 valence electrons. The topological polar surface area (TPSA) is 125 Å². The van der Waals surface area contributed by atoms with Crippen LogP contribution in [0.5, 0.6) is 0 Å². The molecule has 0 saturated carbocycles. The second-order valence-electron chi connectivity index (χ2n) is 6.49. The van der Waals surface area contributed by atoms with Crippen molar-refractivity contribution >= 4 is 11.9 Å². The van der Waals surface area contributed by atoms with Crippen molar-refractivity contribution in [3.63, 3.8) is 0 Å². The minimum absolute atomic E-state index is 0.0103. The predicted molar refractivity (Wildman–Crippen MR) is 117 cm³/mol. The van der Waals surface area contributed by atoms with Gasteiger partial charge in [-0.25, -0.2) is 0 Å². The van der Waals surface area contributed by atoms with E-state index in [1.54, 1.807) is 0 Å². The molecular formula is C22H34N2O8. The summed E-state index contributed by atoms with van der Waals surface area (Å²) in [6, 6.07) is 9.69. The van der Waals surface area contributed by atoms with Crippen molar-refractivity contribution < 1.29 is 38.4 Å². The molecule has 1 amide bonds. The SMILES string of the molecule is C=C(NCC(=O)NCCOCCOCCOCCOCCC(=O)O)OCc1ccccc1. The van der Waals surface area contributed by atoms with Crippen LogP contribution < -0.4 is 10.6 Å². The molecule has 0 aliphatic rings. The Hall–Kier alpha value is -2.66. The number of carbonyl (C=O) groups is 2. The zero-order chi connectivity index (χ0) is 23.3. The highest BCUT2D eigenvalue weighted by Crippen LogP contribution is 2.02. The summed E-state index contributed by atoms with van der Waals surface area (Å²) in [5.74, 6) is -0.724. The van der Waals surface area contributed by atoms with E-state index in [9.17, 15) is 9.59 Å². The summed E-state index contributed by atoms with van der Waals surface area (Å²) in [4.78, 5) is 22.1. The molecule has 32 heavy (non-hydrogen) atoms. The Labute approximate surface area is 188 Å². The van der Waals surface area contributed by atoms with Crippen molar-refractivity contribution in [3.05, 3.63) is 48.4 Å². The Morgan fingerprint density at radius 2 is 1.38 bits per heavy atom. The fraction of sp³-hybridized carbons (Fsp3) is 0.545. The molecule has 0 aromatic heterocycles. The molecule has 0 aliphatic carbocycles. The minimum atomic E-state index is -0.882. The molecular weight excluding hydrogens is 420 g/mol. The van der Waals surface area contributed by atoms with Crippen LogP contribution in [0.25, 0.3) is 0 Å². The quantitative estimate of drug-likeness (QED) is 0.184. The maximum atomic E-state index is 11.8. The highest BCUT2D eigenvalue weighted by atomic mass is 16.6. The molecule has 0 saturated heterocycles. The first-order chi connectivity index (χ1) is 15.6. The van der Waals surface area contributed by atoms with E-state index in [0.717, 1.165) is 5.56 Å². The zero-order valence-corrected chi connectivity index (χ0v) is 18.4. The molecule has 0 radical (unpaired) electrons. The summed E-state index contributed by atoms with van der Waals surface area (Å²) in [5.41, 5.74) is 1.02. The third-order valence-electron chi connectivity index (χ3n) is 3.85. The van der Waals surface area contributed by atoms with Crippen LogP contribution in [0.3, 0.4) is 0 Å². The number of carbonyl (C=O) groups excluding carboxylic acids is 1. The van der Waals surface area contributed by atoms with Crippen LogP contribution in [0, 0.1) is 0 Å². The lowest BCUT2D eigenvalue weighted by Crippen LogP contribution is -2.35. The highest BCUT2D eigenvalue weighted by molar-refractivity contribution is 5.78. The lowest BCUT2D eigenvalue weighted by Gasteiger charge is -2.12. The number of nitrogens with one attached hydrogen (secondary N) is 2. The molecule has 3 N–H and O–H groups in total. The Morgan fingerprint density at radius 3 is 1.97 bits per heavy atom. The first kappa shape index (κ1) is 27.4. The second kappa shape index (κ2) is 19.1. The van der Waals surface area contributed by atoms with Crippen LogP contribution in [-0.2, 0) is 39.9 Å². The lowest BCUT2D eigenvalue weighted by molar-refractivity contribution is -0.138. The van der Waals surface area contributed by atoms with Gasteiger partial charge in [-0.2, -0.15) is 0 Å². The molecule has 0 spiro atoms. The number of carboxylic acids is 1. The lowest BCUT2D eigenvalue weighted by atomic mass is 10.2. The molecule has 0 unspecified atom stereocenters. The summed E-state index contributed by atoms with van der Waals surface area (Å²) in [6.07, 6.45) is -0.0103. The second-order valence-corrected chi connectivity index (χ2v) is 6.49. The standard InChI is InChI=1S/C22H34N2O8/c1-19(32-18-20-5-3-2-4-6-20)24-17-21(25)23-8-10-29-12-14-31-16-15-30-13-11-28-9-7-22(26)27/h2-6,24H,1,7-18H2,(H,23,25)(H,26,27). The summed E-state index contributed by atoms with van der Waals surface area (Å²) < 4.78 is 26.6. The van der Waals surface area contributed by atoms with Crippen LogP contribution >= 0.6 is 0 Å². The van der Waals surface area contributed by atoms with Gasteiger partial charge in [0, 0.05) is 6.54 Å². The summed E-state index contributed by atoms with van der Waals surface area (Å²) >= 11 is 0.